The summed E-state index contributed by atoms with van der Waals surface area (Å²) in [4.78, 5) is 22.3. The number of aryl methyl sites for hydroxylation is 1. The van der Waals surface area contributed by atoms with Gasteiger partial charge in [0.1, 0.15) is 11.9 Å². The molecule has 0 radical (unpaired) electrons. The lowest BCUT2D eigenvalue weighted by molar-refractivity contribution is -0.154. The number of benzene rings is 1. The Balaban J connectivity index is 2.86. The average Bonchev–Trinajstić information content (AvgIpc) is 2.34. The molecule has 0 N–H and O–H groups in total. The minimum Gasteiger partial charge on any atom is -0.460 e. The van der Waals surface area contributed by atoms with Gasteiger partial charge in [-0.3, -0.25) is 4.79 Å². The maximum Gasteiger partial charge on any atom is 0.416 e. The van der Waals surface area contributed by atoms with Crippen LogP contribution in [0.3, 0.4) is 0 Å². The van der Waals surface area contributed by atoms with Crippen molar-refractivity contribution in [1.82, 2.24) is 0 Å². The van der Waals surface area contributed by atoms with Crippen molar-refractivity contribution in [2.45, 2.75) is 51.8 Å². The summed E-state index contributed by atoms with van der Waals surface area (Å²) in [5.41, 5.74) is -0.576. The average molecular weight is 316 g/mol. The van der Waals surface area contributed by atoms with E-state index < -0.39 is 23.3 Å². The van der Waals surface area contributed by atoms with Crippen molar-refractivity contribution in [3.8, 4) is 0 Å². The van der Waals surface area contributed by atoms with Gasteiger partial charge in [-0.2, -0.15) is 13.2 Å². The van der Waals surface area contributed by atoms with Gasteiger partial charge in [-0.25, -0.2) is 0 Å². The van der Waals surface area contributed by atoms with E-state index in [4.69, 9.17) is 4.74 Å². The Kier molecular flexibility index (Phi) is 5.74. The monoisotopic (exact) mass is 316 g/mol. The minimum atomic E-state index is -4.46. The third-order valence-corrected chi connectivity index (χ3v) is 2.86. The highest BCUT2D eigenvalue weighted by Crippen LogP contribution is 2.31. The molecule has 6 heteroatoms. The molecular weight excluding hydrogens is 297 g/mol. The van der Waals surface area contributed by atoms with Crippen LogP contribution in [0, 0.1) is 0 Å². The van der Waals surface area contributed by atoms with E-state index in [-0.39, 0.29) is 24.8 Å². The zero-order valence-electron chi connectivity index (χ0n) is 12.8. The highest BCUT2D eigenvalue weighted by molar-refractivity contribution is 5.70. The van der Waals surface area contributed by atoms with Gasteiger partial charge >= 0.3 is 12.1 Å². The van der Waals surface area contributed by atoms with Crippen LogP contribution in [0.4, 0.5) is 13.2 Å². The van der Waals surface area contributed by atoms with Crippen LogP contribution < -0.4 is 0 Å². The van der Waals surface area contributed by atoms with E-state index in [0.29, 0.717) is 11.8 Å². The third-order valence-electron chi connectivity index (χ3n) is 2.86. The van der Waals surface area contributed by atoms with Crippen LogP contribution in [0.1, 0.15) is 43.9 Å². The second-order valence-electron chi connectivity index (χ2n) is 5.94. The molecular formula is C16H19F3O3. The molecule has 0 amide bonds. The third kappa shape index (κ3) is 5.87. The molecule has 0 aliphatic carbocycles. The molecule has 0 aliphatic rings. The Morgan fingerprint density at radius 1 is 1.18 bits per heavy atom. The number of carbonyl (C=O) groups excluding carboxylic acids is 2. The molecule has 0 saturated heterocycles. The van der Waals surface area contributed by atoms with E-state index in [2.05, 4.69) is 0 Å². The van der Waals surface area contributed by atoms with Crippen LogP contribution in [0.25, 0.3) is 0 Å². The first-order valence-corrected chi connectivity index (χ1v) is 6.87. The summed E-state index contributed by atoms with van der Waals surface area (Å²) in [5, 5.41) is 0. The van der Waals surface area contributed by atoms with Gasteiger partial charge < -0.3 is 9.53 Å². The number of aldehydes is 1. The van der Waals surface area contributed by atoms with E-state index in [0.717, 1.165) is 12.1 Å². The molecule has 0 spiro atoms. The molecule has 0 heterocycles. The Hall–Kier alpha value is -1.85. The standard InChI is InChI=1S/C16H19F3O3/c1-15(2,3)22-14(21)7-5-11-4-6-13(16(17,18)19)10-12(11)8-9-20/h4,6,9-10H,5,7-8H2,1-3H3. The molecule has 1 rings (SSSR count). The molecule has 0 fully saturated rings. The van der Waals surface area contributed by atoms with Gasteiger partial charge in [0, 0.05) is 12.8 Å². The van der Waals surface area contributed by atoms with Crippen LogP contribution in [0.5, 0.6) is 0 Å². The lowest BCUT2D eigenvalue weighted by atomic mass is 9.98. The SMILES string of the molecule is CC(C)(C)OC(=O)CCc1ccc(C(F)(F)F)cc1CC=O. The lowest BCUT2D eigenvalue weighted by Crippen LogP contribution is -2.24. The maximum atomic E-state index is 12.7. The molecule has 122 valence electrons. The van der Waals surface area contributed by atoms with Crippen molar-refractivity contribution >= 4 is 12.3 Å². The lowest BCUT2D eigenvalue weighted by Gasteiger charge is -2.19. The van der Waals surface area contributed by atoms with Gasteiger partial charge in [-0.1, -0.05) is 6.07 Å². The van der Waals surface area contributed by atoms with Crippen LogP contribution in [0.2, 0.25) is 0 Å². The van der Waals surface area contributed by atoms with Crippen molar-refractivity contribution in [3.05, 3.63) is 34.9 Å². The second kappa shape index (κ2) is 6.94. The van der Waals surface area contributed by atoms with E-state index >= 15 is 0 Å². The molecule has 22 heavy (non-hydrogen) atoms. The molecule has 0 aromatic heterocycles. The van der Waals surface area contributed by atoms with Crippen molar-refractivity contribution in [1.29, 1.82) is 0 Å². The van der Waals surface area contributed by atoms with Crippen molar-refractivity contribution in [3.63, 3.8) is 0 Å². The highest BCUT2D eigenvalue weighted by atomic mass is 19.4. The van der Waals surface area contributed by atoms with Crippen LogP contribution >= 0.6 is 0 Å². The number of alkyl halides is 3. The Bertz CT molecular complexity index is 543. The minimum absolute atomic E-state index is 0.0501. The maximum absolute atomic E-state index is 12.7. The summed E-state index contributed by atoms with van der Waals surface area (Å²) in [6.07, 6.45) is -3.74. The van der Waals surface area contributed by atoms with E-state index in [1.54, 1.807) is 20.8 Å². The summed E-state index contributed by atoms with van der Waals surface area (Å²) >= 11 is 0. The van der Waals surface area contributed by atoms with Crippen LogP contribution in [0.15, 0.2) is 18.2 Å². The molecule has 0 saturated carbocycles. The van der Waals surface area contributed by atoms with Crippen molar-refractivity contribution in [2.75, 3.05) is 0 Å². The smallest absolute Gasteiger partial charge is 0.416 e. The van der Waals surface area contributed by atoms with E-state index in [9.17, 15) is 22.8 Å². The quantitative estimate of drug-likeness (QED) is 0.614. The molecule has 0 aliphatic heterocycles. The van der Waals surface area contributed by atoms with Gasteiger partial charge in [-0.15, -0.1) is 0 Å². The van der Waals surface area contributed by atoms with Gasteiger partial charge in [0.15, 0.2) is 0 Å². The first kappa shape index (κ1) is 18.2. The van der Waals surface area contributed by atoms with Gasteiger partial charge in [0.2, 0.25) is 0 Å². The number of hydrogen-bond donors (Lipinski definition) is 0. The predicted molar refractivity (Wildman–Crippen MR) is 75.4 cm³/mol. The molecule has 1 aromatic carbocycles. The van der Waals surface area contributed by atoms with Crippen LogP contribution in [-0.4, -0.2) is 17.9 Å². The van der Waals surface area contributed by atoms with Crippen molar-refractivity contribution in [2.24, 2.45) is 0 Å². The molecule has 3 nitrogen and oxygen atoms in total. The summed E-state index contributed by atoms with van der Waals surface area (Å²) in [6.45, 7) is 5.21. The molecule has 1 aromatic rings. The van der Waals surface area contributed by atoms with Gasteiger partial charge in [-0.05, 0) is 50.5 Å². The molecule has 0 unspecified atom stereocenters. The Morgan fingerprint density at radius 3 is 2.32 bits per heavy atom. The predicted octanol–water partition coefficient (Wildman–Crippen LogP) is 3.72. The largest absolute Gasteiger partial charge is 0.460 e. The molecule has 0 bridgehead atoms. The number of ether oxygens (including phenoxy) is 1. The first-order chi connectivity index (χ1) is 10.0. The fourth-order valence-corrected chi connectivity index (χ4v) is 1.96. The zero-order valence-corrected chi connectivity index (χ0v) is 12.8. The summed E-state index contributed by atoms with van der Waals surface area (Å²) in [7, 11) is 0. The number of hydrogen-bond acceptors (Lipinski definition) is 3. The van der Waals surface area contributed by atoms with E-state index in [1.165, 1.54) is 6.07 Å². The first-order valence-electron chi connectivity index (χ1n) is 6.87. The number of halogens is 3. The Labute approximate surface area is 127 Å². The zero-order chi connectivity index (χ0) is 17.0. The van der Waals surface area contributed by atoms with Gasteiger partial charge in [0.05, 0.1) is 5.56 Å². The normalized spacial score (nSPS) is 12.1. The summed E-state index contributed by atoms with van der Waals surface area (Å²) < 4.78 is 43.2. The number of carbonyl (C=O) groups is 2. The van der Waals surface area contributed by atoms with E-state index in [1.807, 2.05) is 0 Å². The molecule has 0 atom stereocenters. The topological polar surface area (TPSA) is 43.4 Å². The van der Waals surface area contributed by atoms with Crippen LogP contribution in [-0.2, 0) is 33.3 Å². The van der Waals surface area contributed by atoms with Gasteiger partial charge in [0.25, 0.3) is 0 Å². The second-order valence-corrected chi connectivity index (χ2v) is 5.94. The fraction of sp³-hybridized carbons (Fsp3) is 0.500. The number of esters is 1. The summed E-state index contributed by atoms with van der Waals surface area (Å²) in [6, 6.07) is 3.23. The van der Waals surface area contributed by atoms with Crippen molar-refractivity contribution < 1.29 is 27.5 Å². The fourth-order valence-electron chi connectivity index (χ4n) is 1.96. The Morgan fingerprint density at radius 2 is 1.82 bits per heavy atom. The highest BCUT2D eigenvalue weighted by Gasteiger charge is 2.31. The number of rotatable bonds is 5. The summed E-state index contributed by atoms with van der Waals surface area (Å²) in [5.74, 6) is -0.426.